The average Bonchev–Trinajstić information content (AvgIpc) is 2.30. The van der Waals surface area contributed by atoms with Crippen LogP contribution in [0.15, 0.2) is 28.9 Å². The zero-order valence-corrected chi connectivity index (χ0v) is 12.1. The van der Waals surface area contributed by atoms with E-state index in [-0.39, 0.29) is 0 Å². The molecule has 0 spiro atoms. The second-order valence-corrected chi connectivity index (χ2v) is 4.74. The molecule has 0 amide bonds. The van der Waals surface area contributed by atoms with Gasteiger partial charge in [0.15, 0.2) is 0 Å². The number of halogens is 1. The number of rotatable bonds is 3. The quantitative estimate of drug-likeness (QED) is 0.880. The van der Waals surface area contributed by atoms with E-state index in [4.69, 9.17) is 4.74 Å². The topological polar surface area (TPSA) is 47.0 Å². The minimum absolute atomic E-state index is 0.720. The molecule has 0 atom stereocenters. The number of anilines is 2. The summed E-state index contributed by atoms with van der Waals surface area (Å²) in [6.07, 6.45) is 0. The fraction of sp³-hybridized carbons (Fsp3) is 0.231. The smallest absolute Gasteiger partial charge is 0.135 e. The van der Waals surface area contributed by atoms with E-state index in [1.165, 1.54) is 0 Å². The molecule has 4 nitrogen and oxygen atoms in total. The zero-order chi connectivity index (χ0) is 13.1. The first-order valence-corrected chi connectivity index (χ1v) is 6.30. The molecular formula is C13H14BrN3O. The highest BCUT2D eigenvalue weighted by Crippen LogP contribution is 2.24. The highest BCUT2D eigenvalue weighted by molar-refractivity contribution is 9.10. The number of benzene rings is 1. The lowest BCUT2D eigenvalue weighted by atomic mass is 10.2. The number of hydrogen-bond acceptors (Lipinski definition) is 4. The third-order valence-electron chi connectivity index (χ3n) is 2.50. The Morgan fingerprint density at radius 2 is 1.94 bits per heavy atom. The van der Waals surface area contributed by atoms with E-state index in [2.05, 4.69) is 31.2 Å². The van der Waals surface area contributed by atoms with Crippen molar-refractivity contribution in [1.82, 2.24) is 9.97 Å². The van der Waals surface area contributed by atoms with Gasteiger partial charge in [0, 0.05) is 11.8 Å². The molecule has 0 fully saturated rings. The third-order valence-corrected chi connectivity index (χ3v) is 2.91. The van der Waals surface area contributed by atoms with Crippen LogP contribution in [0.3, 0.4) is 0 Å². The van der Waals surface area contributed by atoms with Crippen LogP contribution in [-0.2, 0) is 0 Å². The number of nitrogens with one attached hydrogen (secondary N) is 1. The van der Waals surface area contributed by atoms with Crippen LogP contribution in [-0.4, -0.2) is 17.1 Å². The van der Waals surface area contributed by atoms with Gasteiger partial charge in [-0.05, 0) is 53.5 Å². The zero-order valence-electron chi connectivity index (χ0n) is 10.5. The van der Waals surface area contributed by atoms with Crippen molar-refractivity contribution in [3.05, 3.63) is 40.3 Å². The van der Waals surface area contributed by atoms with Crippen LogP contribution in [0.5, 0.6) is 5.75 Å². The van der Waals surface area contributed by atoms with E-state index < -0.39 is 0 Å². The van der Waals surface area contributed by atoms with E-state index in [0.29, 0.717) is 0 Å². The lowest BCUT2D eigenvalue weighted by Crippen LogP contribution is -1.99. The lowest BCUT2D eigenvalue weighted by molar-refractivity contribution is 0.414. The summed E-state index contributed by atoms with van der Waals surface area (Å²) in [5, 5.41) is 3.27. The fourth-order valence-corrected chi connectivity index (χ4v) is 2.11. The number of hydrogen-bond donors (Lipinski definition) is 1. The maximum absolute atomic E-state index is 5.18. The SMILES string of the molecule is COc1ccc(Nc2cc(Br)nc(C)n2)c(C)c1. The molecule has 5 heteroatoms. The molecule has 94 valence electrons. The van der Waals surface area contributed by atoms with Crippen molar-refractivity contribution in [3.8, 4) is 5.75 Å². The van der Waals surface area contributed by atoms with E-state index in [0.717, 1.165) is 33.2 Å². The molecule has 18 heavy (non-hydrogen) atoms. The first-order chi connectivity index (χ1) is 8.58. The lowest BCUT2D eigenvalue weighted by Gasteiger charge is -2.10. The van der Waals surface area contributed by atoms with Crippen molar-refractivity contribution < 1.29 is 4.74 Å². The first kappa shape index (κ1) is 12.8. The molecular weight excluding hydrogens is 294 g/mol. The van der Waals surface area contributed by atoms with Gasteiger partial charge in [0.25, 0.3) is 0 Å². The fourth-order valence-electron chi connectivity index (χ4n) is 1.64. The number of ether oxygens (including phenoxy) is 1. The summed E-state index contributed by atoms with van der Waals surface area (Å²) < 4.78 is 5.94. The van der Waals surface area contributed by atoms with Gasteiger partial charge in [-0.3, -0.25) is 0 Å². The van der Waals surface area contributed by atoms with E-state index in [1.807, 2.05) is 38.1 Å². The number of aromatic nitrogens is 2. The largest absolute Gasteiger partial charge is 0.497 e. The number of methoxy groups -OCH3 is 1. The normalized spacial score (nSPS) is 10.2. The van der Waals surface area contributed by atoms with Crippen molar-refractivity contribution >= 4 is 27.4 Å². The van der Waals surface area contributed by atoms with Crippen LogP contribution in [0.1, 0.15) is 11.4 Å². The molecule has 1 aromatic heterocycles. The molecule has 0 unspecified atom stereocenters. The molecule has 1 N–H and O–H groups in total. The summed E-state index contributed by atoms with van der Waals surface area (Å²) in [5.41, 5.74) is 2.10. The van der Waals surface area contributed by atoms with Gasteiger partial charge in [0.05, 0.1) is 7.11 Å². The molecule has 0 bridgehead atoms. The first-order valence-electron chi connectivity index (χ1n) is 5.51. The van der Waals surface area contributed by atoms with Gasteiger partial charge in [-0.25, -0.2) is 9.97 Å². The predicted molar refractivity (Wildman–Crippen MR) is 75.5 cm³/mol. The monoisotopic (exact) mass is 307 g/mol. The van der Waals surface area contributed by atoms with E-state index >= 15 is 0 Å². The average molecular weight is 308 g/mol. The van der Waals surface area contributed by atoms with Gasteiger partial charge in [-0.15, -0.1) is 0 Å². The van der Waals surface area contributed by atoms with E-state index in [9.17, 15) is 0 Å². The van der Waals surface area contributed by atoms with Gasteiger partial charge >= 0.3 is 0 Å². The molecule has 1 heterocycles. The van der Waals surface area contributed by atoms with Gasteiger partial charge in [0.2, 0.25) is 0 Å². The van der Waals surface area contributed by atoms with Gasteiger partial charge < -0.3 is 10.1 Å². The maximum Gasteiger partial charge on any atom is 0.135 e. The maximum atomic E-state index is 5.18. The van der Waals surface area contributed by atoms with Crippen molar-refractivity contribution in [2.45, 2.75) is 13.8 Å². The van der Waals surface area contributed by atoms with Crippen molar-refractivity contribution in [3.63, 3.8) is 0 Å². The van der Waals surface area contributed by atoms with Crippen LogP contribution in [0.4, 0.5) is 11.5 Å². The standard InChI is InChI=1S/C13H14BrN3O/c1-8-6-10(18-3)4-5-11(8)17-13-7-12(14)15-9(2)16-13/h4-7H,1-3H3,(H,15,16,17). The Hall–Kier alpha value is -1.62. The molecule has 2 rings (SSSR count). The minimum atomic E-state index is 0.720. The summed E-state index contributed by atoms with van der Waals surface area (Å²) in [7, 11) is 1.66. The van der Waals surface area contributed by atoms with Crippen LogP contribution in [0.2, 0.25) is 0 Å². The number of aryl methyl sites for hydroxylation is 2. The Bertz CT molecular complexity index is 552. The molecule has 0 saturated heterocycles. The molecule has 0 aliphatic heterocycles. The van der Waals surface area contributed by atoms with E-state index in [1.54, 1.807) is 7.11 Å². The summed E-state index contributed by atoms with van der Waals surface area (Å²) in [6, 6.07) is 7.71. The third kappa shape index (κ3) is 2.98. The van der Waals surface area contributed by atoms with Crippen molar-refractivity contribution in [1.29, 1.82) is 0 Å². The summed E-state index contributed by atoms with van der Waals surface area (Å²) in [4.78, 5) is 8.50. The second kappa shape index (κ2) is 5.35. The highest BCUT2D eigenvalue weighted by Gasteiger charge is 2.04. The Kier molecular flexibility index (Phi) is 3.81. The molecule has 1 aromatic carbocycles. The highest BCUT2D eigenvalue weighted by atomic mass is 79.9. The Morgan fingerprint density at radius 3 is 2.56 bits per heavy atom. The Balaban J connectivity index is 2.28. The summed E-state index contributed by atoms with van der Waals surface area (Å²) >= 11 is 3.36. The van der Waals surface area contributed by atoms with Crippen LogP contribution >= 0.6 is 15.9 Å². The molecule has 2 aromatic rings. The van der Waals surface area contributed by atoms with Gasteiger partial charge in [-0.1, -0.05) is 0 Å². The summed E-state index contributed by atoms with van der Waals surface area (Å²) in [6.45, 7) is 3.88. The van der Waals surface area contributed by atoms with Crippen molar-refractivity contribution in [2.24, 2.45) is 0 Å². The van der Waals surface area contributed by atoms with Crippen LogP contribution < -0.4 is 10.1 Å². The summed E-state index contributed by atoms with van der Waals surface area (Å²) in [5.74, 6) is 2.33. The van der Waals surface area contributed by atoms with Gasteiger partial charge in [0.1, 0.15) is 22.0 Å². The Labute approximate surface area is 115 Å². The Morgan fingerprint density at radius 1 is 1.17 bits per heavy atom. The van der Waals surface area contributed by atoms with Crippen LogP contribution in [0, 0.1) is 13.8 Å². The molecule has 0 aliphatic carbocycles. The molecule has 0 radical (unpaired) electrons. The molecule has 0 aliphatic rings. The minimum Gasteiger partial charge on any atom is -0.497 e. The van der Waals surface area contributed by atoms with Crippen LogP contribution in [0.25, 0.3) is 0 Å². The van der Waals surface area contributed by atoms with Crippen molar-refractivity contribution in [2.75, 3.05) is 12.4 Å². The number of nitrogens with zero attached hydrogens (tertiary/aromatic N) is 2. The molecule has 0 saturated carbocycles. The second-order valence-electron chi connectivity index (χ2n) is 3.93. The predicted octanol–water partition coefficient (Wildman–Crippen LogP) is 3.61. The van der Waals surface area contributed by atoms with Gasteiger partial charge in [-0.2, -0.15) is 0 Å².